The van der Waals surface area contributed by atoms with Crippen molar-refractivity contribution in [3.63, 3.8) is 0 Å². The van der Waals surface area contributed by atoms with Gasteiger partial charge in [0.1, 0.15) is 0 Å². The fourth-order valence-electron chi connectivity index (χ4n) is 1.34. The molecule has 0 saturated heterocycles. The molecular formula is C12H12ClN3O4. The summed E-state index contributed by atoms with van der Waals surface area (Å²) in [5, 5.41) is 22.3. The molecule has 0 aromatic heterocycles. The number of carboxylic acids is 1. The molecule has 106 valence electrons. The summed E-state index contributed by atoms with van der Waals surface area (Å²) in [5.74, 6) is -1.21. The van der Waals surface area contributed by atoms with Gasteiger partial charge < -0.3 is 20.5 Å². The van der Waals surface area contributed by atoms with Crippen molar-refractivity contribution in [2.24, 2.45) is 0 Å². The van der Waals surface area contributed by atoms with Crippen LogP contribution in [-0.4, -0.2) is 36.9 Å². The van der Waals surface area contributed by atoms with Gasteiger partial charge in [0.15, 0.2) is 6.04 Å². The minimum Gasteiger partial charge on any atom is -0.480 e. The summed E-state index contributed by atoms with van der Waals surface area (Å²) in [4.78, 5) is 22.5. The lowest BCUT2D eigenvalue weighted by Gasteiger charge is -2.14. The number of benzene rings is 1. The predicted molar refractivity (Wildman–Crippen MR) is 71.6 cm³/mol. The first-order valence-corrected chi connectivity index (χ1v) is 5.84. The highest BCUT2D eigenvalue weighted by molar-refractivity contribution is 6.33. The van der Waals surface area contributed by atoms with Gasteiger partial charge in [-0.2, -0.15) is 5.26 Å². The van der Waals surface area contributed by atoms with E-state index in [1.165, 1.54) is 25.3 Å². The van der Waals surface area contributed by atoms with Crippen LogP contribution < -0.4 is 10.6 Å². The Hall–Kier alpha value is -2.30. The fourth-order valence-corrected chi connectivity index (χ4v) is 1.57. The number of rotatable bonds is 5. The standard InChI is InChI=1S/C12H12ClN3O4/c1-20-6-10(11(17)18)16-12(19)15-9-3-2-7(5-14)4-8(9)13/h2-4,10H,6H2,1H3,(H,17,18)(H2,15,16,19). The van der Waals surface area contributed by atoms with Crippen molar-refractivity contribution in [2.45, 2.75) is 6.04 Å². The molecule has 0 aliphatic carbocycles. The molecule has 0 radical (unpaired) electrons. The Morgan fingerprint density at radius 2 is 2.25 bits per heavy atom. The van der Waals surface area contributed by atoms with Gasteiger partial charge >= 0.3 is 12.0 Å². The van der Waals surface area contributed by atoms with Crippen LogP contribution in [0.3, 0.4) is 0 Å². The molecule has 20 heavy (non-hydrogen) atoms. The van der Waals surface area contributed by atoms with Crippen LogP contribution in [0.5, 0.6) is 0 Å². The molecule has 1 atom stereocenters. The van der Waals surface area contributed by atoms with Crippen molar-refractivity contribution < 1.29 is 19.4 Å². The number of hydrogen-bond acceptors (Lipinski definition) is 4. The zero-order valence-electron chi connectivity index (χ0n) is 10.5. The number of methoxy groups -OCH3 is 1. The Labute approximate surface area is 120 Å². The van der Waals surface area contributed by atoms with Crippen LogP contribution in [0.25, 0.3) is 0 Å². The van der Waals surface area contributed by atoms with E-state index < -0.39 is 18.0 Å². The van der Waals surface area contributed by atoms with Gasteiger partial charge in [0.05, 0.1) is 28.9 Å². The van der Waals surface area contributed by atoms with Gasteiger partial charge in [-0.3, -0.25) is 0 Å². The van der Waals surface area contributed by atoms with E-state index in [4.69, 9.17) is 22.0 Å². The van der Waals surface area contributed by atoms with E-state index in [1.807, 2.05) is 6.07 Å². The average Bonchev–Trinajstić information content (AvgIpc) is 2.40. The van der Waals surface area contributed by atoms with Crippen LogP contribution in [0.2, 0.25) is 5.02 Å². The lowest BCUT2D eigenvalue weighted by Crippen LogP contribution is -2.45. The number of carbonyl (C=O) groups excluding carboxylic acids is 1. The Morgan fingerprint density at radius 1 is 1.55 bits per heavy atom. The Bertz CT molecular complexity index is 556. The van der Waals surface area contributed by atoms with Crippen molar-refractivity contribution in [3.05, 3.63) is 28.8 Å². The largest absolute Gasteiger partial charge is 0.480 e. The third kappa shape index (κ3) is 4.42. The van der Waals surface area contributed by atoms with E-state index >= 15 is 0 Å². The first-order chi connectivity index (χ1) is 9.47. The number of carboxylic acid groups (broad SMARTS) is 1. The van der Waals surface area contributed by atoms with Crippen molar-refractivity contribution in [1.82, 2.24) is 5.32 Å². The maximum Gasteiger partial charge on any atom is 0.328 e. The molecule has 1 rings (SSSR count). The average molecular weight is 298 g/mol. The number of urea groups is 1. The number of nitrogens with one attached hydrogen (secondary N) is 2. The number of amides is 2. The second-order valence-electron chi connectivity index (χ2n) is 3.75. The molecule has 0 fully saturated rings. The van der Waals surface area contributed by atoms with Gasteiger partial charge in [-0.15, -0.1) is 0 Å². The number of ether oxygens (including phenoxy) is 1. The minimum atomic E-state index is -1.21. The van der Waals surface area contributed by atoms with Crippen LogP contribution in [0.1, 0.15) is 5.56 Å². The topological polar surface area (TPSA) is 111 Å². The zero-order chi connectivity index (χ0) is 15.1. The molecule has 0 spiro atoms. The highest BCUT2D eigenvalue weighted by atomic mass is 35.5. The van der Waals surface area contributed by atoms with Gasteiger partial charge in [0.2, 0.25) is 0 Å². The number of nitrogens with zero attached hydrogens (tertiary/aromatic N) is 1. The molecule has 0 saturated carbocycles. The molecule has 0 aliphatic rings. The van der Waals surface area contributed by atoms with Crippen molar-refractivity contribution in [2.75, 3.05) is 19.0 Å². The smallest absolute Gasteiger partial charge is 0.328 e. The second-order valence-corrected chi connectivity index (χ2v) is 4.16. The van der Waals surface area contributed by atoms with Gasteiger partial charge in [0, 0.05) is 7.11 Å². The van der Waals surface area contributed by atoms with Crippen molar-refractivity contribution in [3.8, 4) is 6.07 Å². The van der Waals surface area contributed by atoms with Gasteiger partial charge in [-0.25, -0.2) is 9.59 Å². The van der Waals surface area contributed by atoms with E-state index in [0.717, 1.165) is 0 Å². The van der Waals surface area contributed by atoms with Crippen LogP contribution in [0, 0.1) is 11.3 Å². The van der Waals surface area contributed by atoms with E-state index in [-0.39, 0.29) is 17.3 Å². The van der Waals surface area contributed by atoms with E-state index in [2.05, 4.69) is 15.4 Å². The third-order valence-electron chi connectivity index (χ3n) is 2.28. The normalized spacial score (nSPS) is 11.2. The lowest BCUT2D eigenvalue weighted by molar-refractivity contribution is -0.140. The molecule has 1 aromatic carbocycles. The summed E-state index contributed by atoms with van der Waals surface area (Å²) in [6.45, 7) is -0.163. The summed E-state index contributed by atoms with van der Waals surface area (Å²) < 4.78 is 4.68. The van der Waals surface area contributed by atoms with Crippen LogP contribution in [0.4, 0.5) is 10.5 Å². The molecule has 3 N–H and O–H groups in total. The highest BCUT2D eigenvalue weighted by Gasteiger charge is 2.20. The Morgan fingerprint density at radius 3 is 2.75 bits per heavy atom. The van der Waals surface area contributed by atoms with Gasteiger partial charge in [-0.05, 0) is 18.2 Å². The lowest BCUT2D eigenvalue weighted by atomic mass is 10.2. The van der Waals surface area contributed by atoms with E-state index in [9.17, 15) is 9.59 Å². The first kappa shape index (κ1) is 15.8. The van der Waals surface area contributed by atoms with E-state index in [1.54, 1.807) is 0 Å². The number of hydrogen-bond donors (Lipinski definition) is 3. The number of nitriles is 1. The van der Waals surface area contributed by atoms with Crippen LogP contribution in [0.15, 0.2) is 18.2 Å². The molecule has 0 bridgehead atoms. The summed E-state index contributed by atoms with van der Waals surface area (Å²) in [5.41, 5.74) is 0.619. The Kier molecular flexibility index (Phi) is 5.77. The summed E-state index contributed by atoms with van der Waals surface area (Å²) >= 11 is 5.88. The van der Waals surface area contributed by atoms with Crippen molar-refractivity contribution >= 4 is 29.3 Å². The zero-order valence-corrected chi connectivity index (χ0v) is 11.3. The van der Waals surface area contributed by atoms with Crippen LogP contribution in [-0.2, 0) is 9.53 Å². The summed E-state index contributed by atoms with van der Waals surface area (Å²) in [6, 6.07) is 4.32. The summed E-state index contributed by atoms with van der Waals surface area (Å²) in [7, 11) is 1.33. The highest BCUT2D eigenvalue weighted by Crippen LogP contribution is 2.22. The number of halogens is 1. The molecule has 7 nitrogen and oxygen atoms in total. The maximum absolute atomic E-state index is 11.6. The number of carbonyl (C=O) groups is 2. The first-order valence-electron chi connectivity index (χ1n) is 5.46. The summed E-state index contributed by atoms with van der Waals surface area (Å²) in [6.07, 6.45) is 0. The second kappa shape index (κ2) is 7.33. The maximum atomic E-state index is 11.6. The molecule has 8 heteroatoms. The minimum absolute atomic E-state index is 0.163. The van der Waals surface area contributed by atoms with Crippen molar-refractivity contribution in [1.29, 1.82) is 5.26 Å². The quantitative estimate of drug-likeness (QED) is 0.761. The van der Waals surface area contributed by atoms with Crippen LogP contribution >= 0.6 is 11.6 Å². The van der Waals surface area contributed by atoms with Gasteiger partial charge in [0.25, 0.3) is 0 Å². The third-order valence-corrected chi connectivity index (χ3v) is 2.60. The molecule has 1 aromatic rings. The molecule has 0 heterocycles. The molecular weight excluding hydrogens is 286 g/mol. The molecule has 0 aliphatic heterocycles. The van der Waals surface area contributed by atoms with E-state index in [0.29, 0.717) is 5.56 Å². The monoisotopic (exact) mass is 297 g/mol. The molecule has 2 amide bonds. The SMILES string of the molecule is COCC(NC(=O)Nc1ccc(C#N)cc1Cl)C(=O)O. The number of anilines is 1. The van der Waals surface area contributed by atoms with Gasteiger partial charge in [-0.1, -0.05) is 11.6 Å². The fraction of sp³-hybridized carbons (Fsp3) is 0.250. The molecule has 1 unspecified atom stereocenters. The number of aliphatic carboxylic acids is 1. The predicted octanol–water partition coefficient (Wildman–Crippen LogP) is 1.43. The Balaban J connectivity index is 2.71.